The van der Waals surface area contributed by atoms with E-state index in [1.54, 1.807) is 12.2 Å². The van der Waals surface area contributed by atoms with E-state index in [4.69, 9.17) is 0 Å². The summed E-state index contributed by atoms with van der Waals surface area (Å²) in [6.45, 7) is 0. The Hall–Kier alpha value is -3.73. The quantitative estimate of drug-likeness (QED) is 0.675. The Kier molecular flexibility index (Phi) is 5.65. The van der Waals surface area contributed by atoms with E-state index in [1.807, 2.05) is 84.4 Å². The van der Waals surface area contributed by atoms with E-state index in [1.165, 1.54) is 12.1 Å². The van der Waals surface area contributed by atoms with Crippen molar-refractivity contribution in [1.29, 1.82) is 0 Å². The first-order chi connectivity index (χ1) is 13.4. The van der Waals surface area contributed by atoms with Gasteiger partial charge in [-0.05, 0) is 23.3 Å². The Morgan fingerprint density at radius 3 is 1.54 bits per heavy atom. The summed E-state index contributed by atoms with van der Waals surface area (Å²) in [5.74, 6) is -0.997. The molecule has 0 fully saturated rings. The van der Waals surface area contributed by atoms with Crippen LogP contribution in [0.3, 0.4) is 0 Å². The Labute approximate surface area is 163 Å². The molecule has 0 unspecified atom stereocenters. The van der Waals surface area contributed by atoms with E-state index in [-0.39, 0.29) is 11.3 Å². The molecule has 3 rings (SSSR count). The minimum absolute atomic E-state index is 0.0421. The molecule has 0 saturated carbocycles. The van der Waals surface area contributed by atoms with Gasteiger partial charge >= 0.3 is 5.97 Å². The largest absolute Gasteiger partial charge is 0.507 e. The van der Waals surface area contributed by atoms with E-state index in [0.717, 1.165) is 11.1 Å². The van der Waals surface area contributed by atoms with Gasteiger partial charge in [-0.1, -0.05) is 24.3 Å². The lowest BCUT2D eigenvalue weighted by atomic mass is 10.0. The van der Waals surface area contributed by atoms with Gasteiger partial charge in [-0.15, -0.1) is 0 Å². The number of aromatic carboxylic acids is 1. The maximum absolute atomic E-state index is 11.5. The van der Waals surface area contributed by atoms with E-state index in [2.05, 4.69) is 0 Å². The van der Waals surface area contributed by atoms with Gasteiger partial charge in [-0.25, -0.2) is 13.9 Å². The second-order valence-electron chi connectivity index (χ2n) is 6.57. The predicted molar refractivity (Wildman–Crippen MR) is 108 cm³/mol. The van der Waals surface area contributed by atoms with Crippen LogP contribution in [0.2, 0.25) is 0 Å². The zero-order valence-electron chi connectivity index (χ0n) is 15.8. The first-order valence-corrected chi connectivity index (χ1v) is 8.79. The van der Waals surface area contributed by atoms with Gasteiger partial charge in [0.1, 0.15) is 19.8 Å². The first-order valence-electron chi connectivity index (χ1n) is 8.79. The number of hydrogen-bond donors (Lipinski definition) is 2. The number of phenolic OH excluding ortho intramolecular Hbond substituents is 1. The van der Waals surface area contributed by atoms with Crippen molar-refractivity contribution >= 4 is 30.3 Å². The van der Waals surface area contributed by atoms with Gasteiger partial charge in [-0.2, -0.15) is 0 Å². The number of aromatic nitrogens is 2. The van der Waals surface area contributed by atoms with Crippen molar-refractivity contribution < 1.29 is 24.1 Å². The van der Waals surface area contributed by atoms with Crippen LogP contribution in [0.5, 0.6) is 5.75 Å². The monoisotopic (exact) mass is 374 g/mol. The number of nitrogens with zero attached hydrogens (tertiary/aromatic N) is 2. The number of aromatic hydroxyl groups is 1. The van der Waals surface area contributed by atoms with Crippen molar-refractivity contribution in [3.05, 3.63) is 89.0 Å². The van der Waals surface area contributed by atoms with Crippen LogP contribution in [0.25, 0.3) is 24.3 Å². The molecule has 0 saturated heterocycles. The number of carboxylic acids is 1. The lowest BCUT2D eigenvalue weighted by Crippen LogP contribution is -2.25. The second-order valence-corrected chi connectivity index (χ2v) is 6.57. The van der Waals surface area contributed by atoms with E-state index >= 15 is 0 Å². The fourth-order valence-electron chi connectivity index (χ4n) is 2.68. The van der Waals surface area contributed by atoms with Crippen LogP contribution < -0.4 is 9.13 Å². The van der Waals surface area contributed by atoms with Gasteiger partial charge in [0.05, 0.1) is 5.56 Å². The van der Waals surface area contributed by atoms with Gasteiger partial charge < -0.3 is 10.2 Å². The molecule has 3 aromatic rings. The van der Waals surface area contributed by atoms with E-state index < -0.39 is 5.97 Å². The average molecular weight is 374 g/mol. The fraction of sp³-hybridized carbons (Fsp3) is 0.0870. The number of aryl methyl sites for hydroxylation is 2. The molecular weight excluding hydrogens is 352 g/mol. The first kappa shape index (κ1) is 19.0. The van der Waals surface area contributed by atoms with Crippen molar-refractivity contribution in [1.82, 2.24) is 0 Å². The predicted octanol–water partition coefficient (Wildman–Crippen LogP) is 3.08. The minimum Gasteiger partial charge on any atom is -0.507 e. The van der Waals surface area contributed by atoms with Crippen molar-refractivity contribution in [2.24, 2.45) is 14.1 Å². The summed E-state index contributed by atoms with van der Waals surface area (Å²) in [6, 6.07) is 10.7. The Balaban J connectivity index is 1.97. The van der Waals surface area contributed by atoms with Crippen molar-refractivity contribution in [3.63, 3.8) is 0 Å². The van der Waals surface area contributed by atoms with Crippen LogP contribution in [-0.2, 0) is 14.1 Å². The number of benzene rings is 1. The third kappa shape index (κ3) is 4.71. The van der Waals surface area contributed by atoms with Gasteiger partial charge in [-0.3, -0.25) is 0 Å². The SMILES string of the molecule is C[n+]1ccc(C=Cc2cc(C(=O)O)cc(C=Cc3cc[n+](C)cc3)c2O)cc1. The summed E-state index contributed by atoms with van der Waals surface area (Å²) in [5.41, 5.74) is 2.93. The standard InChI is InChI=1S/C23H20N2O3/c1-24-11-7-17(8-12-24)3-5-19-15-21(23(27)28)16-20(22(19)26)6-4-18-9-13-25(2)14-10-18/h3-16H,1-2H3/p+2. The number of hydrogen-bond acceptors (Lipinski definition) is 2. The maximum atomic E-state index is 11.5. The summed E-state index contributed by atoms with van der Waals surface area (Å²) < 4.78 is 3.85. The highest BCUT2D eigenvalue weighted by atomic mass is 16.4. The molecule has 2 N–H and O–H groups in total. The molecule has 28 heavy (non-hydrogen) atoms. The highest BCUT2D eigenvalue weighted by molar-refractivity contribution is 5.92. The second kappa shape index (κ2) is 8.31. The Morgan fingerprint density at radius 1 is 0.786 bits per heavy atom. The third-order valence-electron chi connectivity index (χ3n) is 4.34. The summed E-state index contributed by atoms with van der Waals surface area (Å²) in [7, 11) is 3.86. The number of rotatable bonds is 5. The molecule has 2 heterocycles. The summed E-state index contributed by atoms with van der Waals surface area (Å²) in [5, 5.41) is 20.1. The number of carbonyl (C=O) groups is 1. The summed E-state index contributed by atoms with van der Waals surface area (Å²) >= 11 is 0. The lowest BCUT2D eigenvalue weighted by Gasteiger charge is -2.06. The topological polar surface area (TPSA) is 65.3 Å². The maximum Gasteiger partial charge on any atom is 0.335 e. The molecule has 0 atom stereocenters. The van der Waals surface area contributed by atoms with Crippen LogP contribution in [0.4, 0.5) is 0 Å². The number of pyridine rings is 2. The summed E-state index contributed by atoms with van der Waals surface area (Å²) in [4.78, 5) is 11.5. The van der Waals surface area contributed by atoms with E-state index in [0.29, 0.717) is 11.1 Å². The van der Waals surface area contributed by atoms with Crippen molar-refractivity contribution in [2.45, 2.75) is 0 Å². The highest BCUT2D eigenvalue weighted by Crippen LogP contribution is 2.28. The van der Waals surface area contributed by atoms with Crippen molar-refractivity contribution in [2.75, 3.05) is 0 Å². The molecular formula is C23H22N2O3+2. The summed E-state index contributed by atoms with van der Waals surface area (Å²) in [6.07, 6.45) is 14.8. The van der Waals surface area contributed by atoms with Crippen LogP contribution >= 0.6 is 0 Å². The van der Waals surface area contributed by atoms with Crippen LogP contribution in [0, 0.1) is 0 Å². The molecule has 0 bridgehead atoms. The molecule has 0 aliphatic heterocycles. The molecule has 5 heteroatoms. The van der Waals surface area contributed by atoms with Gasteiger partial charge in [0.2, 0.25) is 0 Å². The van der Waals surface area contributed by atoms with Gasteiger partial charge in [0.25, 0.3) is 0 Å². The van der Waals surface area contributed by atoms with Crippen molar-refractivity contribution in [3.8, 4) is 5.75 Å². The minimum atomic E-state index is -1.04. The molecule has 0 amide bonds. The highest BCUT2D eigenvalue weighted by Gasteiger charge is 2.11. The smallest absolute Gasteiger partial charge is 0.335 e. The molecule has 140 valence electrons. The number of phenols is 1. The molecule has 0 spiro atoms. The average Bonchev–Trinajstić information content (AvgIpc) is 2.68. The number of carboxylic acid groups (broad SMARTS) is 1. The molecule has 1 aromatic carbocycles. The lowest BCUT2D eigenvalue weighted by molar-refractivity contribution is -0.671. The molecule has 5 nitrogen and oxygen atoms in total. The van der Waals surface area contributed by atoms with Crippen LogP contribution in [0.15, 0.2) is 61.2 Å². The fourth-order valence-corrected chi connectivity index (χ4v) is 2.68. The third-order valence-corrected chi connectivity index (χ3v) is 4.34. The van der Waals surface area contributed by atoms with E-state index in [9.17, 15) is 15.0 Å². The van der Waals surface area contributed by atoms with Crippen LogP contribution in [-0.4, -0.2) is 16.2 Å². The molecule has 0 radical (unpaired) electrons. The zero-order chi connectivity index (χ0) is 20.1. The molecule has 2 aromatic heterocycles. The van der Waals surface area contributed by atoms with Crippen LogP contribution in [0.1, 0.15) is 32.6 Å². The molecule has 0 aliphatic carbocycles. The zero-order valence-corrected chi connectivity index (χ0v) is 15.8. The van der Waals surface area contributed by atoms with Gasteiger partial charge in [0, 0.05) is 35.4 Å². The Morgan fingerprint density at radius 2 is 1.18 bits per heavy atom. The van der Waals surface area contributed by atoms with Gasteiger partial charge in [0.15, 0.2) is 24.8 Å². The normalized spacial score (nSPS) is 11.4. The molecule has 0 aliphatic rings. The Bertz CT molecular complexity index is 974.